The first-order valence-corrected chi connectivity index (χ1v) is 5.83. The van der Waals surface area contributed by atoms with Gasteiger partial charge in [0.1, 0.15) is 0 Å². The number of aliphatic imine (C=N–C) groups is 1. The molecule has 6 heteroatoms. The molecule has 1 rings (SSSR count). The van der Waals surface area contributed by atoms with Crippen LogP contribution in [-0.4, -0.2) is 35.9 Å². The number of carbonyl (C=O) groups excluding carboxylic acids is 2. The van der Waals surface area contributed by atoms with Crippen molar-refractivity contribution in [3.63, 3.8) is 0 Å². The predicted molar refractivity (Wildman–Crippen MR) is 58.8 cm³/mol. The summed E-state index contributed by atoms with van der Waals surface area (Å²) in [5.41, 5.74) is 0. The second-order valence-corrected chi connectivity index (χ2v) is 3.97. The van der Waals surface area contributed by atoms with Crippen LogP contribution < -0.4 is 5.32 Å². The molecule has 1 aliphatic heterocycles. The number of amides is 1. The van der Waals surface area contributed by atoms with Crippen molar-refractivity contribution in [2.45, 2.75) is 19.8 Å². The number of nitrogens with one attached hydrogen (secondary N) is 1. The quantitative estimate of drug-likeness (QED) is 0.716. The normalized spacial score (nSPS) is 14.6. The number of esters is 1. The number of hydrogen-bond donors (Lipinski definition) is 1. The fraction of sp³-hybridized carbons (Fsp3) is 0.667. The van der Waals surface area contributed by atoms with Crippen molar-refractivity contribution in [1.82, 2.24) is 5.32 Å². The molecule has 0 spiro atoms. The van der Waals surface area contributed by atoms with Gasteiger partial charge in [0.05, 0.1) is 19.6 Å². The van der Waals surface area contributed by atoms with E-state index < -0.39 is 0 Å². The Balaban J connectivity index is 2.15. The lowest BCUT2D eigenvalue weighted by Crippen LogP contribution is -2.27. The summed E-state index contributed by atoms with van der Waals surface area (Å²) in [6.45, 7) is 2.84. The number of ether oxygens (including phenoxy) is 1. The van der Waals surface area contributed by atoms with Crippen molar-refractivity contribution < 1.29 is 14.3 Å². The van der Waals surface area contributed by atoms with Gasteiger partial charge in [0.2, 0.25) is 5.91 Å². The molecular weight excluding hydrogens is 216 g/mol. The van der Waals surface area contributed by atoms with Gasteiger partial charge >= 0.3 is 5.97 Å². The van der Waals surface area contributed by atoms with Crippen molar-refractivity contribution in [3.8, 4) is 0 Å². The molecule has 1 amide bonds. The maximum absolute atomic E-state index is 11.3. The van der Waals surface area contributed by atoms with Gasteiger partial charge < -0.3 is 10.1 Å². The van der Waals surface area contributed by atoms with E-state index in [4.69, 9.17) is 4.74 Å². The van der Waals surface area contributed by atoms with Gasteiger partial charge in [-0.15, -0.1) is 0 Å². The molecule has 0 bridgehead atoms. The summed E-state index contributed by atoms with van der Waals surface area (Å²) < 4.78 is 4.71. The molecule has 0 radical (unpaired) electrons. The van der Waals surface area contributed by atoms with Crippen molar-refractivity contribution in [1.29, 1.82) is 0 Å². The molecule has 0 aromatic rings. The predicted octanol–water partition coefficient (Wildman–Crippen LogP) is 0.549. The van der Waals surface area contributed by atoms with E-state index in [0.29, 0.717) is 11.8 Å². The minimum Gasteiger partial charge on any atom is -0.466 e. The summed E-state index contributed by atoms with van der Waals surface area (Å²) in [4.78, 5) is 26.3. The summed E-state index contributed by atoms with van der Waals surface area (Å²) >= 11 is 1.52. The van der Waals surface area contributed by atoms with Crippen LogP contribution in [0.4, 0.5) is 0 Å². The summed E-state index contributed by atoms with van der Waals surface area (Å²) in [6, 6.07) is 0. The minimum absolute atomic E-state index is 0.123. The van der Waals surface area contributed by atoms with Crippen LogP contribution in [0.5, 0.6) is 0 Å². The van der Waals surface area contributed by atoms with Crippen molar-refractivity contribution >= 4 is 28.8 Å². The Morgan fingerprint density at radius 1 is 1.53 bits per heavy atom. The Bertz CT molecular complexity index is 279. The fourth-order valence-corrected chi connectivity index (χ4v) is 1.79. The first-order chi connectivity index (χ1) is 7.22. The Kier molecular flexibility index (Phi) is 5.17. The van der Waals surface area contributed by atoms with E-state index in [-0.39, 0.29) is 24.7 Å². The molecule has 5 nitrogen and oxygen atoms in total. The Hall–Kier alpha value is -1.04. The molecule has 0 unspecified atom stereocenters. The van der Waals surface area contributed by atoms with Gasteiger partial charge in [0.25, 0.3) is 0 Å². The Morgan fingerprint density at radius 2 is 2.33 bits per heavy atom. The van der Waals surface area contributed by atoms with Crippen LogP contribution in [0, 0.1) is 0 Å². The average molecular weight is 230 g/mol. The van der Waals surface area contributed by atoms with Crippen molar-refractivity contribution in [2.75, 3.05) is 18.9 Å². The fourth-order valence-electron chi connectivity index (χ4n) is 1.04. The van der Waals surface area contributed by atoms with Gasteiger partial charge in [-0.2, -0.15) is 0 Å². The highest BCUT2D eigenvalue weighted by molar-refractivity contribution is 8.14. The number of thioether (sulfide) groups is 1. The van der Waals surface area contributed by atoms with E-state index in [0.717, 1.165) is 12.3 Å². The number of carbonyl (C=O) groups is 2. The van der Waals surface area contributed by atoms with Crippen molar-refractivity contribution in [2.24, 2.45) is 4.99 Å². The van der Waals surface area contributed by atoms with Gasteiger partial charge in [-0.3, -0.25) is 14.6 Å². The highest BCUT2D eigenvalue weighted by Crippen LogP contribution is 2.09. The first-order valence-electron chi connectivity index (χ1n) is 4.85. The van der Waals surface area contributed by atoms with E-state index in [2.05, 4.69) is 10.3 Å². The molecule has 0 atom stereocenters. The molecule has 15 heavy (non-hydrogen) atoms. The van der Waals surface area contributed by atoms with Crippen LogP contribution in [0.25, 0.3) is 0 Å². The van der Waals surface area contributed by atoms with Gasteiger partial charge in [-0.25, -0.2) is 0 Å². The smallest absolute Gasteiger partial charge is 0.306 e. The molecule has 0 aromatic carbocycles. The van der Waals surface area contributed by atoms with E-state index in [1.807, 2.05) is 0 Å². The maximum atomic E-state index is 11.3. The van der Waals surface area contributed by atoms with Gasteiger partial charge in [-0.1, -0.05) is 11.8 Å². The molecule has 84 valence electrons. The summed E-state index contributed by atoms with van der Waals surface area (Å²) in [5, 5.41) is 3.30. The van der Waals surface area contributed by atoms with Crippen LogP contribution in [-0.2, 0) is 14.3 Å². The zero-order valence-electron chi connectivity index (χ0n) is 8.62. The van der Waals surface area contributed by atoms with Gasteiger partial charge in [0.15, 0.2) is 5.17 Å². The van der Waals surface area contributed by atoms with Crippen LogP contribution >= 0.6 is 11.8 Å². The lowest BCUT2D eigenvalue weighted by Gasteiger charge is -2.03. The van der Waals surface area contributed by atoms with E-state index in [9.17, 15) is 9.59 Å². The Labute approximate surface area is 92.7 Å². The third-order valence-corrected chi connectivity index (χ3v) is 2.58. The maximum Gasteiger partial charge on any atom is 0.306 e. The molecule has 0 aliphatic carbocycles. The van der Waals surface area contributed by atoms with Gasteiger partial charge in [0, 0.05) is 12.2 Å². The van der Waals surface area contributed by atoms with Crippen LogP contribution in [0.2, 0.25) is 0 Å². The lowest BCUT2D eigenvalue weighted by molar-refractivity contribution is -0.144. The topological polar surface area (TPSA) is 67.8 Å². The molecule has 1 N–H and O–H groups in total. The van der Waals surface area contributed by atoms with E-state index in [1.54, 1.807) is 6.92 Å². The zero-order valence-corrected chi connectivity index (χ0v) is 9.43. The number of nitrogens with zero attached hydrogens (tertiary/aromatic N) is 1. The molecule has 0 aromatic heterocycles. The highest BCUT2D eigenvalue weighted by Gasteiger charge is 2.12. The van der Waals surface area contributed by atoms with E-state index >= 15 is 0 Å². The minimum atomic E-state index is -0.339. The van der Waals surface area contributed by atoms with E-state index in [1.165, 1.54) is 11.8 Å². The summed E-state index contributed by atoms with van der Waals surface area (Å²) in [7, 11) is 0. The third kappa shape index (κ3) is 4.83. The summed E-state index contributed by atoms with van der Waals surface area (Å²) in [6.07, 6.45) is 0.274. The molecule has 1 aliphatic rings. The standard InChI is InChI=1S/C9H14N2O3S/c1-2-14-8(13)4-3-7(12)11-9-10-5-6-15-9/h2-6H2,1H3,(H,10,11,12). The van der Waals surface area contributed by atoms with Crippen LogP contribution in [0.15, 0.2) is 4.99 Å². The van der Waals surface area contributed by atoms with Crippen molar-refractivity contribution in [3.05, 3.63) is 0 Å². The van der Waals surface area contributed by atoms with Crippen LogP contribution in [0.3, 0.4) is 0 Å². The summed E-state index contributed by atoms with van der Waals surface area (Å²) in [5.74, 6) is 0.387. The number of rotatable bonds is 4. The molecular formula is C9H14N2O3S. The van der Waals surface area contributed by atoms with Crippen LogP contribution in [0.1, 0.15) is 19.8 Å². The second kappa shape index (κ2) is 6.44. The first kappa shape index (κ1) is 12.0. The molecule has 0 fully saturated rings. The highest BCUT2D eigenvalue weighted by atomic mass is 32.2. The molecule has 0 saturated heterocycles. The Morgan fingerprint density at radius 3 is 2.93 bits per heavy atom. The third-order valence-electron chi connectivity index (χ3n) is 1.69. The zero-order chi connectivity index (χ0) is 11.1. The number of amidine groups is 1. The molecule has 1 heterocycles. The largest absolute Gasteiger partial charge is 0.466 e. The van der Waals surface area contributed by atoms with Gasteiger partial charge in [-0.05, 0) is 6.92 Å². The molecule has 0 saturated carbocycles. The monoisotopic (exact) mass is 230 g/mol. The number of hydrogen-bond acceptors (Lipinski definition) is 5. The lowest BCUT2D eigenvalue weighted by atomic mass is 10.3. The second-order valence-electron chi connectivity index (χ2n) is 2.89. The SMILES string of the molecule is CCOC(=O)CCC(=O)NC1=NCCS1. The average Bonchev–Trinajstić information content (AvgIpc) is 2.68.